The average Bonchev–Trinajstić information content (AvgIpc) is 2.75. The van der Waals surface area contributed by atoms with Crippen molar-refractivity contribution in [3.05, 3.63) is 59.3 Å². The molecule has 32 heavy (non-hydrogen) atoms. The Bertz CT molecular complexity index is 1170. The highest BCUT2D eigenvalue weighted by atomic mass is 32.2. The molecular formula is C22H23N3O6S. The molecule has 2 fully saturated rings. The van der Waals surface area contributed by atoms with Gasteiger partial charge in [0.15, 0.2) is 5.75 Å². The Morgan fingerprint density at radius 1 is 1.06 bits per heavy atom. The molecule has 0 radical (unpaired) electrons. The molecule has 2 aromatic rings. The normalized spacial score (nSPS) is 19.2. The van der Waals surface area contributed by atoms with Crippen LogP contribution in [0.25, 0.3) is 0 Å². The van der Waals surface area contributed by atoms with Crippen LogP contribution in [0, 0.1) is 0 Å². The molecule has 1 amide bonds. The van der Waals surface area contributed by atoms with Crippen molar-refractivity contribution < 1.29 is 27.8 Å². The molecule has 1 aromatic carbocycles. The number of ether oxygens (including phenoxy) is 2. The number of rotatable bonds is 5. The van der Waals surface area contributed by atoms with Crippen molar-refractivity contribution in [1.82, 2.24) is 14.2 Å². The van der Waals surface area contributed by atoms with E-state index in [0.29, 0.717) is 51.0 Å². The monoisotopic (exact) mass is 457 g/mol. The molecule has 2 saturated heterocycles. The summed E-state index contributed by atoms with van der Waals surface area (Å²) in [7, 11) is -3.68. The largest absolute Gasteiger partial charge is 0.484 e. The van der Waals surface area contributed by atoms with E-state index in [1.54, 1.807) is 4.90 Å². The fourth-order valence-corrected chi connectivity index (χ4v) is 5.40. The topological polar surface area (TPSA) is 109 Å². The first-order valence-electron chi connectivity index (χ1n) is 10.4. The molecule has 0 aliphatic carbocycles. The number of hydrogen-bond donors (Lipinski definition) is 1. The third kappa shape index (κ3) is 3.64. The quantitative estimate of drug-likeness (QED) is 0.661. The van der Waals surface area contributed by atoms with E-state index >= 15 is 0 Å². The molecule has 5 rings (SSSR count). The average molecular weight is 458 g/mol. The van der Waals surface area contributed by atoms with Gasteiger partial charge in [-0.25, -0.2) is 13.4 Å². The Kier molecular flexibility index (Phi) is 5.36. The maximum absolute atomic E-state index is 12.9. The van der Waals surface area contributed by atoms with Crippen LogP contribution in [-0.2, 0) is 14.8 Å². The minimum atomic E-state index is -3.68. The van der Waals surface area contributed by atoms with Gasteiger partial charge in [-0.05, 0) is 16.7 Å². The number of likely N-dealkylation sites (tertiary alicyclic amines) is 1. The van der Waals surface area contributed by atoms with Gasteiger partial charge in [-0.3, -0.25) is 4.79 Å². The molecule has 10 heteroatoms. The highest BCUT2D eigenvalue weighted by Crippen LogP contribution is 2.34. The Hall–Kier alpha value is -2.95. The van der Waals surface area contributed by atoms with Crippen LogP contribution in [0.4, 0.5) is 0 Å². The maximum atomic E-state index is 12.9. The van der Waals surface area contributed by atoms with Gasteiger partial charge in [0.25, 0.3) is 5.88 Å². The first kappa shape index (κ1) is 20.9. The molecule has 168 valence electrons. The van der Waals surface area contributed by atoms with Crippen LogP contribution >= 0.6 is 0 Å². The molecule has 0 saturated carbocycles. The smallest absolute Gasteiger partial charge is 0.257 e. The second-order valence-electron chi connectivity index (χ2n) is 7.99. The Labute approximate surface area is 185 Å². The van der Waals surface area contributed by atoms with E-state index in [0.717, 1.165) is 16.7 Å². The molecule has 0 unspecified atom stereocenters. The van der Waals surface area contributed by atoms with Gasteiger partial charge in [0.1, 0.15) is 18.1 Å². The second kappa shape index (κ2) is 8.19. The number of fused-ring (bicyclic) bond motifs is 1. The van der Waals surface area contributed by atoms with Gasteiger partial charge in [0, 0.05) is 32.2 Å². The lowest BCUT2D eigenvalue weighted by molar-refractivity contribution is -0.135. The van der Waals surface area contributed by atoms with Crippen LogP contribution in [0.15, 0.2) is 58.6 Å². The summed E-state index contributed by atoms with van der Waals surface area (Å²) in [6, 6.07) is 10.7. The summed E-state index contributed by atoms with van der Waals surface area (Å²) in [5.41, 5.74) is 2.90. The first-order valence-corrected chi connectivity index (χ1v) is 11.8. The van der Waals surface area contributed by atoms with Crippen molar-refractivity contribution in [3.8, 4) is 11.6 Å². The number of sulfonamides is 1. The number of aromatic nitrogens is 1. The summed E-state index contributed by atoms with van der Waals surface area (Å²) in [6.45, 7) is 2.04. The predicted octanol–water partition coefficient (Wildman–Crippen LogP) is 0.772. The zero-order valence-electron chi connectivity index (χ0n) is 17.3. The minimum Gasteiger partial charge on any atom is -0.484 e. The zero-order valence-corrected chi connectivity index (χ0v) is 18.1. The van der Waals surface area contributed by atoms with Crippen molar-refractivity contribution in [1.29, 1.82) is 0 Å². The summed E-state index contributed by atoms with van der Waals surface area (Å²) in [6.07, 6.45) is 1.29. The Balaban J connectivity index is 1.21. The highest BCUT2D eigenvalue weighted by Gasteiger charge is 2.39. The van der Waals surface area contributed by atoms with Crippen molar-refractivity contribution >= 4 is 15.9 Å². The molecule has 3 aliphatic heterocycles. The third-order valence-electron chi connectivity index (χ3n) is 6.00. The molecular weight excluding hydrogens is 434 g/mol. The molecule has 9 nitrogen and oxygen atoms in total. The summed E-state index contributed by atoms with van der Waals surface area (Å²) in [5.74, 6) is -0.0584. The van der Waals surface area contributed by atoms with Gasteiger partial charge in [-0.1, -0.05) is 30.3 Å². The van der Waals surface area contributed by atoms with Gasteiger partial charge in [0.2, 0.25) is 15.9 Å². The number of nitrogens with zero attached hydrogens (tertiary/aromatic N) is 3. The summed E-state index contributed by atoms with van der Waals surface area (Å²) in [5, 5.41) is 9.70. The lowest BCUT2D eigenvalue weighted by Gasteiger charge is -2.42. The molecule has 1 aromatic heterocycles. The molecule has 3 aliphatic rings. The lowest BCUT2D eigenvalue weighted by atomic mass is 9.92. The lowest BCUT2D eigenvalue weighted by Crippen LogP contribution is -2.52. The van der Waals surface area contributed by atoms with Crippen molar-refractivity contribution in [3.63, 3.8) is 0 Å². The SMILES string of the molecule is O=C([C@H](CO)c1ccccc1)N1CC(=C2CN(S(=O)(=O)c3cnc4c(c3)OCCO4)C2)C1. The van der Waals surface area contributed by atoms with E-state index in [9.17, 15) is 18.3 Å². The van der Waals surface area contributed by atoms with Crippen LogP contribution < -0.4 is 9.47 Å². The zero-order chi connectivity index (χ0) is 22.3. The summed E-state index contributed by atoms with van der Waals surface area (Å²) in [4.78, 5) is 18.6. The van der Waals surface area contributed by atoms with Crippen molar-refractivity contribution in [2.75, 3.05) is 46.0 Å². The van der Waals surface area contributed by atoms with Crippen molar-refractivity contribution in [2.45, 2.75) is 10.8 Å². The van der Waals surface area contributed by atoms with E-state index in [2.05, 4.69) is 4.98 Å². The number of pyridine rings is 1. The predicted molar refractivity (Wildman–Crippen MR) is 114 cm³/mol. The van der Waals surface area contributed by atoms with Crippen LogP contribution in [-0.4, -0.2) is 79.6 Å². The number of aliphatic hydroxyl groups excluding tert-OH is 1. The molecule has 4 heterocycles. The van der Waals surface area contributed by atoms with E-state index in [1.165, 1.54) is 16.6 Å². The number of carbonyl (C=O) groups is 1. The minimum absolute atomic E-state index is 0.0739. The molecule has 0 bridgehead atoms. The van der Waals surface area contributed by atoms with Crippen molar-refractivity contribution in [2.24, 2.45) is 0 Å². The Morgan fingerprint density at radius 2 is 1.75 bits per heavy atom. The Morgan fingerprint density at radius 3 is 2.47 bits per heavy atom. The number of aliphatic hydroxyl groups is 1. The van der Waals surface area contributed by atoms with Crippen LogP contribution in [0.5, 0.6) is 11.6 Å². The first-order chi connectivity index (χ1) is 15.5. The fourth-order valence-electron chi connectivity index (χ4n) is 4.00. The van der Waals surface area contributed by atoms with E-state index in [4.69, 9.17) is 9.47 Å². The van der Waals surface area contributed by atoms with E-state index < -0.39 is 15.9 Å². The number of hydrogen-bond acceptors (Lipinski definition) is 7. The fraction of sp³-hybridized carbons (Fsp3) is 0.364. The molecule has 0 spiro atoms. The van der Waals surface area contributed by atoms with Gasteiger partial charge >= 0.3 is 0 Å². The van der Waals surface area contributed by atoms with E-state index in [1.807, 2.05) is 30.3 Å². The van der Waals surface area contributed by atoms with Gasteiger partial charge in [-0.2, -0.15) is 4.31 Å². The van der Waals surface area contributed by atoms with Gasteiger partial charge < -0.3 is 19.5 Å². The van der Waals surface area contributed by atoms with Gasteiger partial charge in [-0.15, -0.1) is 0 Å². The molecule has 1 N–H and O–H groups in total. The number of carbonyl (C=O) groups excluding carboxylic acids is 1. The van der Waals surface area contributed by atoms with Crippen LogP contribution in [0.1, 0.15) is 11.5 Å². The maximum Gasteiger partial charge on any atom is 0.257 e. The second-order valence-corrected chi connectivity index (χ2v) is 9.93. The number of benzene rings is 1. The summed E-state index contributed by atoms with van der Waals surface area (Å²) < 4.78 is 38.0. The highest BCUT2D eigenvalue weighted by molar-refractivity contribution is 7.89. The molecule has 1 atom stereocenters. The van der Waals surface area contributed by atoms with Gasteiger partial charge in [0.05, 0.1) is 18.7 Å². The number of amides is 1. The van der Waals surface area contributed by atoms with E-state index in [-0.39, 0.29) is 17.4 Å². The third-order valence-corrected chi connectivity index (χ3v) is 7.76. The standard InChI is InChI=1S/C22H23N3O6S/c26-14-19(15-4-2-1-3-5-15)22(27)24-10-16(11-24)17-12-25(13-17)32(28,29)18-8-20-21(23-9-18)31-7-6-30-20/h1-5,8-9,19,26H,6-7,10-14H2/t19-/m1/s1. The van der Waals surface area contributed by atoms with Crippen LogP contribution in [0.3, 0.4) is 0 Å². The van der Waals surface area contributed by atoms with Crippen LogP contribution in [0.2, 0.25) is 0 Å². The summed E-state index contributed by atoms with van der Waals surface area (Å²) >= 11 is 0.